The van der Waals surface area contributed by atoms with Gasteiger partial charge in [-0.05, 0) is 29.3 Å². The van der Waals surface area contributed by atoms with Gasteiger partial charge in [0.1, 0.15) is 5.75 Å². The van der Waals surface area contributed by atoms with Gasteiger partial charge in [-0.3, -0.25) is 0 Å². The van der Waals surface area contributed by atoms with E-state index >= 15 is 0 Å². The molecule has 3 rings (SSSR count). The predicted molar refractivity (Wildman–Crippen MR) is 93.7 cm³/mol. The lowest BCUT2D eigenvalue weighted by Gasteiger charge is -2.18. The second kappa shape index (κ2) is 6.91. The van der Waals surface area contributed by atoms with E-state index in [2.05, 4.69) is 24.3 Å². The van der Waals surface area contributed by atoms with Crippen LogP contribution in [0, 0.1) is 0 Å². The Morgan fingerprint density at radius 3 is 1.86 bits per heavy atom. The van der Waals surface area contributed by atoms with Crippen molar-refractivity contribution in [2.45, 2.75) is 10.1 Å². The van der Waals surface area contributed by atoms with Crippen molar-refractivity contribution in [3.63, 3.8) is 0 Å². The van der Waals surface area contributed by atoms with Crippen LogP contribution in [-0.2, 0) is 0 Å². The Kier molecular flexibility index (Phi) is 4.71. The SMILES string of the molecule is Oc1ccc(Cl)cc1SC(c1ccccc1)c1ccccc1. The molecule has 0 spiro atoms. The molecule has 0 saturated carbocycles. The van der Waals surface area contributed by atoms with E-state index in [1.54, 1.807) is 30.0 Å². The molecular formula is C19H15ClOS. The van der Waals surface area contributed by atoms with Crippen LogP contribution in [0.2, 0.25) is 5.02 Å². The highest BCUT2D eigenvalue weighted by atomic mass is 35.5. The molecule has 3 aromatic rings. The maximum Gasteiger partial charge on any atom is 0.129 e. The second-order valence-corrected chi connectivity index (χ2v) is 6.51. The molecule has 0 aliphatic heterocycles. The molecule has 0 aromatic heterocycles. The van der Waals surface area contributed by atoms with Gasteiger partial charge in [0, 0.05) is 5.02 Å². The molecule has 3 aromatic carbocycles. The first-order chi connectivity index (χ1) is 10.7. The third-order valence-corrected chi connectivity index (χ3v) is 4.97. The Bertz CT molecular complexity index is 704. The summed E-state index contributed by atoms with van der Waals surface area (Å²) >= 11 is 7.67. The lowest BCUT2D eigenvalue weighted by Crippen LogP contribution is -1.96. The van der Waals surface area contributed by atoms with E-state index in [0.29, 0.717) is 5.02 Å². The van der Waals surface area contributed by atoms with Gasteiger partial charge in [-0.15, -0.1) is 11.8 Å². The van der Waals surface area contributed by atoms with E-state index in [-0.39, 0.29) is 11.0 Å². The third kappa shape index (κ3) is 3.46. The highest BCUT2D eigenvalue weighted by Gasteiger charge is 2.17. The monoisotopic (exact) mass is 326 g/mol. The lowest BCUT2D eigenvalue weighted by molar-refractivity contribution is 0.462. The van der Waals surface area contributed by atoms with Gasteiger partial charge in [-0.25, -0.2) is 0 Å². The Hall–Kier alpha value is -1.90. The molecule has 0 radical (unpaired) electrons. The number of hydrogen-bond donors (Lipinski definition) is 1. The summed E-state index contributed by atoms with van der Waals surface area (Å²) in [5.41, 5.74) is 2.39. The van der Waals surface area contributed by atoms with Crippen molar-refractivity contribution in [1.82, 2.24) is 0 Å². The van der Waals surface area contributed by atoms with Gasteiger partial charge in [0.15, 0.2) is 0 Å². The van der Waals surface area contributed by atoms with Gasteiger partial charge in [-0.2, -0.15) is 0 Å². The lowest BCUT2D eigenvalue weighted by atomic mass is 10.0. The van der Waals surface area contributed by atoms with Gasteiger partial charge in [0.25, 0.3) is 0 Å². The number of phenols is 1. The predicted octanol–water partition coefficient (Wildman–Crippen LogP) is 5.93. The molecule has 3 heteroatoms. The zero-order valence-electron chi connectivity index (χ0n) is 11.8. The molecule has 0 bridgehead atoms. The van der Waals surface area contributed by atoms with E-state index < -0.39 is 0 Å². The van der Waals surface area contributed by atoms with E-state index in [0.717, 1.165) is 4.90 Å². The van der Waals surface area contributed by atoms with Crippen LogP contribution in [0.5, 0.6) is 5.75 Å². The smallest absolute Gasteiger partial charge is 0.129 e. The van der Waals surface area contributed by atoms with Crippen molar-refractivity contribution in [3.8, 4) is 5.75 Å². The zero-order valence-corrected chi connectivity index (χ0v) is 13.4. The molecule has 0 unspecified atom stereocenters. The van der Waals surface area contributed by atoms with E-state index in [9.17, 15) is 5.11 Å². The van der Waals surface area contributed by atoms with E-state index in [1.165, 1.54) is 11.1 Å². The van der Waals surface area contributed by atoms with Crippen molar-refractivity contribution < 1.29 is 5.11 Å². The molecule has 0 heterocycles. The zero-order chi connectivity index (χ0) is 15.4. The first-order valence-electron chi connectivity index (χ1n) is 6.99. The number of phenolic OH excluding ortho intramolecular Hbond substituents is 1. The van der Waals surface area contributed by atoms with Crippen LogP contribution in [0.4, 0.5) is 0 Å². The van der Waals surface area contributed by atoms with E-state index in [1.807, 2.05) is 36.4 Å². The van der Waals surface area contributed by atoms with Gasteiger partial charge in [0.2, 0.25) is 0 Å². The molecule has 22 heavy (non-hydrogen) atoms. The van der Waals surface area contributed by atoms with Crippen LogP contribution in [0.25, 0.3) is 0 Å². The van der Waals surface area contributed by atoms with Gasteiger partial charge >= 0.3 is 0 Å². The Balaban J connectivity index is 2.01. The Labute approximate surface area is 139 Å². The number of hydrogen-bond acceptors (Lipinski definition) is 2. The number of benzene rings is 3. The van der Waals surface area contributed by atoms with Gasteiger partial charge in [0.05, 0.1) is 10.1 Å². The second-order valence-electron chi connectivity index (χ2n) is 4.93. The third-order valence-electron chi connectivity index (χ3n) is 3.37. The summed E-state index contributed by atoms with van der Waals surface area (Å²) in [6.07, 6.45) is 0. The van der Waals surface area contributed by atoms with Crippen LogP contribution in [0.15, 0.2) is 83.8 Å². The van der Waals surface area contributed by atoms with Crippen molar-refractivity contribution >= 4 is 23.4 Å². The van der Waals surface area contributed by atoms with Crippen molar-refractivity contribution in [2.75, 3.05) is 0 Å². The molecule has 0 aliphatic rings. The minimum absolute atomic E-state index is 0.103. The Morgan fingerprint density at radius 1 is 0.773 bits per heavy atom. The van der Waals surface area contributed by atoms with Crippen molar-refractivity contribution in [1.29, 1.82) is 0 Å². The highest BCUT2D eigenvalue weighted by Crippen LogP contribution is 2.44. The molecule has 0 amide bonds. The average Bonchev–Trinajstić information content (AvgIpc) is 2.57. The molecule has 0 fully saturated rings. The largest absolute Gasteiger partial charge is 0.507 e. The van der Waals surface area contributed by atoms with Gasteiger partial charge in [-0.1, -0.05) is 72.3 Å². The summed E-state index contributed by atoms with van der Waals surface area (Å²) in [5, 5.41) is 10.8. The minimum atomic E-state index is 0.103. The topological polar surface area (TPSA) is 20.2 Å². The minimum Gasteiger partial charge on any atom is -0.507 e. The summed E-state index contributed by atoms with van der Waals surface area (Å²) in [4.78, 5) is 0.783. The number of aromatic hydroxyl groups is 1. The summed E-state index contributed by atoms with van der Waals surface area (Å²) in [6.45, 7) is 0. The normalized spacial score (nSPS) is 10.8. The fourth-order valence-electron chi connectivity index (χ4n) is 2.29. The van der Waals surface area contributed by atoms with Gasteiger partial charge < -0.3 is 5.11 Å². The molecule has 1 nitrogen and oxygen atoms in total. The molecule has 0 aliphatic carbocycles. The van der Waals surface area contributed by atoms with E-state index in [4.69, 9.17) is 11.6 Å². The first kappa shape index (κ1) is 15.0. The molecule has 110 valence electrons. The standard InChI is InChI=1S/C19H15ClOS/c20-16-11-12-17(21)18(13-16)22-19(14-7-3-1-4-8-14)15-9-5-2-6-10-15/h1-13,19,21H. The molecule has 1 N–H and O–H groups in total. The van der Waals surface area contributed by atoms with Crippen molar-refractivity contribution in [2.24, 2.45) is 0 Å². The maximum atomic E-state index is 10.1. The molecular weight excluding hydrogens is 312 g/mol. The molecule has 0 atom stereocenters. The summed E-state index contributed by atoms with van der Waals surface area (Å²) in [5.74, 6) is 0.256. The van der Waals surface area contributed by atoms with Crippen LogP contribution < -0.4 is 0 Å². The van der Waals surface area contributed by atoms with Crippen molar-refractivity contribution in [3.05, 3.63) is 95.0 Å². The van der Waals surface area contributed by atoms with Crippen LogP contribution in [0.1, 0.15) is 16.4 Å². The fraction of sp³-hybridized carbons (Fsp3) is 0.0526. The number of thioether (sulfide) groups is 1. The summed E-state index contributed by atoms with van der Waals surface area (Å²) in [6, 6.07) is 25.7. The quantitative estimate of drug-likeness (QED) is 0.600. The number of rotatable bonds is 4. The average molecular weight is 327 g/mol. The van der Waals surface area contributed by atoms with Crippen LogP contribution in [0.3, 0.4) is 0 Å². The Morgan fingerprint density at radius 2 is 1.32 bits per heavy atom. The maximum absolute atomic E-state index is 10.1. The highest BCUT2D eigenvalue weighted by molar-refractivity contribution is 7.99. The number of halogens is 1. The summed E-state index contributed by atoms with van der Waals surface area (Å²) in [7, 11) is 0. The van der Waals surface area contributed by atoms with Crippen LogP contribution in [-0.4, -0.2) is 5.11 Å². The molecule has 0 saturated heterocycles. The fourth-order valence-corrected chi connectivity index (χ4v) is 3.75. The first-order valence-corrected chi connectivity index (χ1v) is 8.25. The summed E-state index contributed by atoms with van der Waals surface area (Å²) < 4.78 is 0. The van der Waals surface area contributed by atoms with Crippen LogP contribution >= 0.6 is 23.4 Å².